The van der Waals surface area contributed by atoms with Crippen LogP contribution in [0.25, 0.3) is 0 Å². The number of hydrogen-bond acceptors (Lipinski definition) is 10. The number of hydrogen-bond donors (Lipinski definition) is 6. The molecule has 2 aromatic carbocycles. The quantitative estimate of drug-likeness (QED) is 0.172. The van der Waals surface area contributed by atoms with Crippen molar-refractivity contribution in [3.05, 3.63) is 59.7 Å². The third-order valence-electron chi connectivity index (χ3n) is 10.5. The molecule has 4 aliphatic heterocycles. The Morgan fingerprint density at radius 3 is 2.45 bits per heavy atom. The van der Waals surface area contributed by atoms with E-state index in [1.54, 1.807) is 28.9 Å². The fourth-order valence-electron chi connectivity index (χ4n) is 8.18. The summed E-state index contributed by atoms with van der Waals surface area (Å²) in [5.41, 5.74) is -0.640. The smallest absolute Gasteiger partial charge is 0.264 e. The first-order chi connectivity index (χ1) is 23.2. The van der Waals surface area contributed by atoms with Crippen LogP contribution in [0.15, 0.2) is 48.5 Å². The van der Waals surface area contributed by atoms with Crippen LogP contribution in [0.3, 0.4) is 0 Å². The van der Waals surface area contributed by atoms with Gasteiger partial charge < -0.3 is 54.2 Å². The van der Waals surface area contributed by atoms with Gasteiger partial charge in [0, 0.05) is 29.3 Å². The molecule has 0 aromatic heterocycles. The van der Waals surface area contributed by atoms with Gasteiger partial charge in [0.15, 0.2) is 18.0 Å². The van der Waals surface area contributed by atoms with E-state index in [2.05, 4.69) is 5.32 Å². The summed E-state index contributed by atoms with van der Waals surface area (Å²) in [7, 11) is -3.61. The Morgan fingerprint density at radius 2 is 1.78 bits per heavy atom. The van der Waals surface area contributed by atoms with Crippen LogP contribution in [-0.4, -0.2) is 113 Å². The Bertz CT molecular complexity index is 1580. The van der Waals surface area contributed by atoms with Crippen molar-refractivity contribution in [2.45, 2.75) is 99.8 Å². The average molecular weight is 702 g/mol. The van der Waals surface area contributed by atoms with E-state index in [9.17, 15) is 39.9 Å². The van der Waals surface area contributed by atoms with Crippen molar-refractivity contribution in [3.8, 4) is 0 Å². The molecule has 3 amide bonds. The molecule has 4 aliphatic rings. The van der Waals surface area contributed by atoms with Crippen LogP contribution in [0.1, 0.15) is 37.3 Å². The van der Waals surface area contributed by atoms with Gasteiger partial charge in [-0.1, -0.05) is 37.3 Å². The highest BCUT2D eigenvalue weighted by Gasteiger charge is 2.67. The molecule has 0 aliphatic carbocycles. The number of benzene rings is 2. The molecule has 266 valence electrons. The number of halogens is 1. The summed E-state index contributed by atoms with van der Waals surface area (Å²) < 4.78 is 28.2. The molecule has 3 saturated heterocycles. The second-order valence-corrected chi connectivity index (χ2v) is 17.9. The van der Waals surface area contributed by atoms with Gasteiger partial charge >= 0.3 is 0 Å². The monoisotopic (exact) mass is 701 g/mol. The molecule has 3 fully saturated rings. The molecule has 0 saturated carbocycles. The highest BCUT2D eigenvalue weighted by molar-refractivity contribution is 6.72. The molecule has 0 radical (unpaired) electrons. The van der Waals surface area contributed by atoms with Gasteiger partial charge in [-0.15, -0.1) is 0 Å². The molecular weight excluding hydrogens is 657 g/mol. The molecule has 6 rings (SSSR count). The Hall–Kier alpha value is -3.28. The van der Waals surface area contributed by atoms with E-state index < -0.39 is 74.1 Å². The second-order valence-electron chi connectivity index (χ2n) is 14.1. The SMILES string of the molecule is C[C@H]1[C@H]([Si](C)(C)F)[C@@H](CC(=O)N2CCC[C@H]2CO)O[C@]12C(=O)N(Cc1ccccc1)c1ccc(NC(=O)[C@H]3O[C@@H](O)[C@H](O)[C@@H](O)[C@@H]3O)cc12. The number of fused-ring (bicyclic) bond motifs is 2. The second kappa shape index (κ2) is 13.4. The highest BCUT2D eigenvalue weighted by Crippen LogP contribution is 2.60. The zero-order valence-corrected chi connectivity index (χ0v) is 28.6. The number of likely N-dealkylation sites (tertiary alicyclic amines) is 1. The van der Waals surface area contributed by atoms with Crippen LogP contribution >= 0.6 is 0 Å². The van der Waals surface area contributed by atoms with Crippen molar-refractivity contribution in [2.75, 3.05) is 23.4 Å². The van der Waals surface area contributed by atoms with Gasteiger partial charge in [0.05, 0.1) is 37.4 Å². The van der Waals surface area contributed by atoms with Crippen molar-refractivity contribution in [1.29, 1.82) is 0 Å². The van der Waals surface area contributed by atoms with Gasteiger partial charge in [-0.2, -0.15) is 0 Å². The number of rotatable bonds is 8. The summed E-state index contributed by atoms with van der Waals surface area (Å²) in [4.78, 5) is 44.8. The van der Waals surface area contributed by atoms with Crippen LogP contribution in [-0.2, 0) is 36.0 Å². The Morgan fingerprint density at radius 1 is 1.06 bits per heavy atom. The van der Waals surface area contributed by atoms with E-state index in [4.69, 9.17) is 9.47 Å². The maximum atomic E-state index is 16.3. The number of nitrogens with zero attached hydrogens (tertiary/aromatic N) is 2. The predicted octanol–water partition coefficient (Wildman–Crippen LogP) is 1.12. The van der Waals surface area contributed by atoms with Gasteiger partial charge in [-0.3, -0.25) is 14.4 Å². The molecule has 0 unspecified atom stereocenters. The minimum absolute atomic E-state index is 0.162. The van der Waals surface area contributed by atoms with Crippen LogP contribution < -0.4 is 10.2 Å². The van der Waals surface area contributed by atoms with E-state index in [1.165, 1.54) is 19.2 Å². The van der Waals surface area contributed by atoms with Gasteiger partial charge in [0.25, 0.3) is 11.8 Å². The minimum atomic E-state index is -3.61. The summed E-state index contributed by atoms with van der Waals surface area (Å²) in [6.07, 6.45) is -8.89. The number of amides is 3. The van der Waals surface area contributed by atoms with Gasteiger partial charge in [-0.25, -0.2) is 0 Å². The minimum Gasteiger partial charge on any atom is -0.394 e. The third kappa shape index (κ3) is 6.20. The normalized spacial score (nSPS) is 34.5. The molecule has 1 spiro atoms. The number of aliphatic hydroxyl groups is 5. The van der Waals surface area contributed by atoms with E-state index in [-0.39, 0.29) is 37.2 Å². The summed E-state index contributed by atoms with van der Waals surface area (Å²) in [6.45, 7) is 5.30. The maximum Gasteiger partial charge on any atom is 0.264 e. The zero-order chi connectivity index (χ0) is 35.4. The van der Waals surface area contributed by atoms with Gasteiger partial charge in [0.1, 0.15) is 18.3 Å². The largest absolute Gasteiger partial charge is 0.394 e. The molecule has 0 bridgehead atoms. The fourth-order valence-corrected chi connectivity index (χ4v) is 10.7. The molecule has 49 heavy (non-hydrogen) atoms. The first kappa shape index (κ1) is 35.5. The topological polar surface area (TPSA) is 189 Å². The lowest BCUT2D eigenvalue weighted by Crippen LogP contribution is -2.60. The van der Waals surface area contributed by atoms with Crippen LogP contribution in [0.4, 0.5) is 15.5 Å². The molecule has 13 nitrogen and oxygen atoms in total. The zero-order valence-electron chi connectivity index (χ0n) is 27.6. The van der Waals surface area contributed by atoms with E-state index in [1.807, 2.05) is 30.3 Å². The number of ether oxygens (including phenoxy) is 2. The van der Waals surface area contributed by atoms with Crippen molar-refractivity contribution in [1.82, 2.24) is 4.90 Å². The average Bonchev–Trinajstić information content (AvgIpc) is 3.72. The Kier molecular flexibility index (Phi) is 9.75. The van der Waals surface area contributed by atoms with Gasteiger partial charge in [-0.05, 0) is 49.7 Å². The van der Waals surface area contributed by atoms with E-state index >= 15 is 4.11 Å². The summed E-state index contributed by atoms with van der Waals surface area (Å²) >= 11 is 0. The summed E-state index contributed by atoms with van der Waals surface area (Å²) in [5, 5.41) is 52.7. The van der Waals surface area contributed by atoms with Crippen molar-refractivity contribution >= 4 is 37.5 Å². The predicted molar refractivity (Wildman–Crippen MR) is 176 cm³/mol. The Balaban J connectivity index is 1.38. The lowest BCUT2D eigenvalue weighted by atomic mass is 9.82. The first-order valence-corrected chi connectivity index (χ1v) is 19.6. The first-order valence-electron chi connectivity index (χ1n) is 16.6. The third-order valence-corrected chi connectivity index (χ3v) is 13.0. The Labute approximate surface area is 284 Å². The lowest BCUT2D eigenvalue weighted by molar-refractivity contribution is -0.274. The van der Waals surface area contributed by atoms with Gasteiger partial charge in [0.2, 0.25) is 14.3 Å². The highest BCUT2D eigenvalue weighted by atomic mass is 28.4. The standard InChI is InChI=1S/C34H44FN3O10Si/c1-18-30(49(2,3)35)24(15-25(40)37-13-7-10-21(37)17-39)48-34(18)22-14-20(36-31(44)29-27(42)26(41)28(43)32(45)47-29)11-12-23(22)38(33(34)46)16-19-8-5-4-6-9-19/h4-6,8-9,11-12,14,18,21,24,26-30,32,39,41-43,45H,7,10,13,15-17H2,1-3H3,(H,36,44)/t18-,21-,24+,26-,27-,28+,29-,30-,32+,34+/m0/s1. The molecule has 2 aromatic rings. The molecule has 6 N–H and O–H groups in total. The van der Waals surface area contributed by atoms with Crippen LogP contribution in [0, 0.1) is 5.92 Å². The molecular formula is C34H44FN3O10Si. The lowest BCUT2D eigenvalue weighted by Gasteiger charge is -2.37. The number of nitrogens with one attached hydrogen (secondary N) is 1. The van der Waals surface area contributed by atoms with Crippen LogP contribution in [0.5, 0.6) is 0 Å². The van der Waals surface area contributed by atoms with Crippen molar-refractivity contribution < 1.29 is 53.5 Å². The molecule has 10 atom stereocenters. The summed E-state index contributed by atoms with van der Waals surface area (Å²) in [6, 6.07) is 13.7. The number of anilines is 2. The number of carbonyl (C=O) groups excluding carboxylic acids is 3. The van der Waals surface area contributed by atoms with Crippen molar-refractivity contribution in [2.24, 2.45) is 5.92 Å². The molecule has 4 heterocycles. The van der Waals surface area contributed by atoms with Crippen molar-refractivity contribution in [3.63, 3.8) is 0 Å². The number of aliphatic hydroxyl groups excluding tert-OH is 5. The number of carbonyl (C=O) groups is 3. The summed E-state index contributed by atoms with van der Waals surface area (Å²) in [5.74, 6) is -2.36. The van der Waals surface area contributed by atoms with E-state index in [0.717, 1.165) is 12.0 Å². The maximum absolute atomic E-state index is 16.3. The molecule has 15 heteroatoms. The van der Waals surface area contributed by atoms with Crippen LogP contribution in [0.2, 0.25) is 18.6 Å². The fraction of sp³-hybridized carbons (Fsp3) is 0.559. The van der Waals surface area contributed by atoms with E-state index in [0.29, 0.717) is 24.2 Å².